The van der Waals surface area contributed by atoms with Gasteiger partial charge in [-0.2, -0.15) is 0 Å². The Bertz CT molecular complexity index is 804. The highest BCUT2D eigenvalue weighted by Crippen LogP contribution is 2.19. The van der Waals surface area contributed by atoms with Crippen LogP contribution < -0.4 is 10.6 Å². The van der Waals surface area contributed by atoms with Crippen LogP contribution in [-0.4, -0.2) is 10.9 Å². The quantitative estimate of drug-likeness (QED) is 0.693. The molecule has 0 unspecified atom stereocenters. The maximum atomic E-state index is 12.2. The summed E-state index contributed by atoms with van der Waals surface area (Å²) in [6.45, 7) is 0. The number of para-hydroxylation sites is 1. The first-order valence-corrected chi connectivity index (χ1v) is 7.86. The van der Waals surface area contributed by atoms with Crippen LogP contribution in [0.15, 0.2) is 77.4 Å². The smallest absolute Gasteiger partial charge is 0.257 e. The maximum Gasteiger partial charge on any atom is 0.257 e. The Kier molecular flexibility index (Phi) is 4.68. The lowest BCUT2D eigenvalue weighted by Crippen LogP contribution is -2.13. The predicted octanol–water partition coefficient (Wildman–Crippen LogP) is 4.84. The van der Waals surface area contributed by atoms with Crippen LogP contribution in [0.1, 0.15) is 10.4 Å². The van der Waals surface area contributed by atoms with E-state index in [-0.39, 0.29) is 5.91 Å². The van der Waals surface area contributed by atoms with E-state index in [1.165, 1.54) is 0 Å². The second-order valence-corrected chi connectivity index (χ2v) is 5.71. The van der Waals surface area contributed by atoms with Crippen LogP contribution in [0.25, 0.3) is 0 Å². The number of benzene rings is 2. The van der Waals surface area contributed by atoms with Gasteiger partial charge >= 0.3 is 0 Å². The highest BCUT2D eigenvalue weighted by atomic mass is 79.9. The number of rotatable bonds is 4. The van der Waals surface area contributed by atoms with Crippen LogP contribution in [0.4, 0.5) is 17.2 Å². The molecule has 1 amide bonds. The van der Waals surface area contributed by atoms with Gasteiger partial charge in [-0.25, -0.2) is 4.98 Å². The number of hydrogen-bond donors (Lipinski definition) is 2. The number of carbonyl (C=O) groups excluding carboxylic acids is 1. The van der Waals surface area contributed by atoms with E-state index in [4.69, 9.17) is 0 Å². The van der Waals surface area contributed by atoms with Crippen molar-refractivity contribution in [3.8, 4) is 0 Å². The molecule has 0 saturated heterocycles. The van der Waals surface area contributed by atoms with Crippen molar-refractivity contribution in [2.24, 2.45) is 0 Å². The summed E-state index contributed by atoms with van der Waals surface area (Å²) in [6.07, 6.45) is 1.68. The van der Waals surface area contributed by atoms with Crippen molar-refractivity contribution in [1.29, 1.82) is 0 Å². The monoisotopic (exact) mass is 367 g/mol. The van der Waals surface area contributed by atoms with Gasteiger partial charge in [0.25, 0.3) is 5.91 Å². The van der Waals surface area contributed by atoms with Gasteiger partial charge in [-0.1, -0.05) is 30.3 Å². The fourth-order valence-electron chi connectivity index (χ4n) is 2.06. The number of nitrogens with zero attached hydrogens (tertiary/aromatic N) is 1. The molecule has 1 heterocycles. The van der Waals surface area contributed by atoms with Crippen molar-refractivity contribution in [2.75, 3.05) is 10.6 Å². The summed E-state index contributed by atoms with van der Waals surface area (Å²) in [5.41, 5.74) is 2.41. The summed E-state index contributed by atoms with van der Waals surface area (Å²) in [4.78, 5) is 16.5. The zero-order chi connectivity index (χ0) is 16.1. The fourth-order valence-corrected chi connectivity index (χ4v) is 2.52. The standard InChI is InChI=1S/C18H14BrN3O/c19-16-9-5-4-8-15(16)18(23)22-17-11-10-14(12-20-17)21-13-6-2-1-3-7-13/h1-12,21H,(H,20,22,23). The van der Waals surface area contributed by atoms with Crippen LogP contribution in [0.5, 0.6) is 0 Å². The molecule has 2 N–H and O–H groups in total. The molecule has 0 radical (unpaired) electrons. The molecule has 3 aromatic rings. The Hall–Kier alpha value is -2.66. The first-order valence-electron chi connectivity index (χ1n) is 7.06. The SMILES string of the molecule is O=C(Nc1ccc(Nc2ccccc2)cn1)c1ccccc1Br. The van der Waals surface area contributed by atoms with Gasteiger partial charge in [0.15, 0.2) is 0 Å². The summed E-state index contributed by atoms with van der Waals surface area (Å²) in [5, 5.41) is 6.02. The van der Waals surface area contributed by atoms with Gasteiger partial charge in [0.05, 0.1) is 17.4 Å². The van der Waals surface area contributed by atoms with Gasteiger partial charge in [0.1, 0.15) is 5.82 Å². The molecule has 0 spiro atoms. The van der Waals surface area contributed by atoms with Crippen LogP contribution in [0.3, 0.4) is 0 Å². The highest BCUT2D eigenvalue weighted by molar-refractivity contribution is 9.10. The van der Waals surface area contributed by atoms with Gasteiger partial charge in [-0.3, -0.25) is 4.79 Å². The first-order chi connectivity index (χ1) is 11.2. The molecule has 3 rings (SSSR count). The number of hydrogen-bond acceptors (Lipinski definition) is 3. The summed E-state index contributed by atoms with van der Waals surface area (Å²) in [7, 11) is 0. The molecule has 0 fully saturated rings. The number of carbonyl (C=O) groups is 1. The zero-order valence-electron chi connectivity index (χ0n) is 12.2. The Morgan fingerprint density at radius 2 is 1.61 bits per heavy atom. The molecule has 0 aliphatic rings. The second-order valence-electron chi connectivity index (χ2n) is 4.86. The molecule has 0 atom stereocenters. The number of nitrogens with one attached hydrogen (secondary N) is 2. The molecular formula is C18H14BrN3O. The molecule has 2 aromatic carbocycles. The minimum atomic E-state index is -0.200. The lowest BCUT2D eigenvalue weighted by atomic mass is 10.2. The minimum Gasteiger partial charge on any atom is -0.354 e. The number of aromatic nitrogens is 1. The molecule has 0 aliphatic carbocycles. The van der Waals surface area contributed by atoms with Crippen molar-refractivity contribution < 1.29 is 4.79 Å². The van der Waals surface area contributed by atoms with Crippen molar-refractivity contribution in [3.63, 3.8) is 0 Å². The molecule has 1 aromatic heterocycles. The van der Waals surface area contributed by atoms with Crippen LogP contribution in [0.2, 0.25) is 0 Å². The van der Waals surface area contributed by atoms with E-state index in [9.17, 15) is 4.79 Å². The number of pyridine rings is 1. The number of amides is 1. The second kappa shape index (κ2) is 7.07. The molecule has 114 valence electrons. The molecule has 0 saturated carbocycles. The van der Waals surface area contributed by atoms with Crippen LogP contribution in [-0.2, 0) is 0 Å². The number of halogens is 1. The number of anilines is 3. The molecule has 0 bridgehead atoms. The van der Waals surface area contributed by atoms with Gasteiger partial charge in [-0.15, -0.1) is 0 Å². The zero-order valence-corrected chi connectivity index (χ0v) is 13.7. The maximum absolute atomic E-state index is 12.2. The first kappa shape index (κ1) is 15.2. The predicted molar refractivity (Wildman–Crippen MR) is 96.1 cm³/mol. The molecular weight excluding hydrogens is 354 g/mol. The minimum absolute atomic E-state index is 0.200. The third-order valence-corrected chi connectivity index (χ3v) is 3.88. The van der Waals surface area contributed by atoms with Gasteiger partial charge in [-0.05, 0) is 52.3 Å². The Morgan fingerprint density at radius 1 is 0.870 bits per heavy atom. The third kappa shape index (κ3) is 3.96. The topological polar surface area (TPSA) is 54.0 Å². The molecule has 0 aliphatic heterocycles. The summed E-state index contributed by atoms with van der Waals surface area (Å²) < 4.78 is 0.750. The fraction of sp³-hybridized carbons (Fsp3) is 0. The Morgan fingerprint density at radius 3 is 2.30 bits per heavy atom. The van der Waals surface area contributed by atoms with Gasteiger partial charge in [0.2, 0.25) is 0 Å². The van der Waals surface area contributed by atoms with Gasteiger partial charge in [0, 0.05) is 10.2 Å². The largest absolute Gasteiger partial charge is 0.354 e. The van der Waals surface area contributed by atoms with Crippen molar-refractivity contribution in [1.82, 2.24) is 4.98 Å². The normalized spacial score (nSPS) is 10.1. The van der Waals surface area contributed by atoms with E-state index < -0.39 is 0 Å². The van der Waals surface area contributed by atoms with E-state index in [1.54, 1.807) is 18.3 Å². The summed E-state index contributed by atoms with van der Waals surface area (Å²) in [6, 6.07) is 20.7. The van der Waals surface area contributed by atoms with E-state index in [0.29, 0.717) is 11.4 Å². The Labute approximate surface area is 142 Å². The van der Waals surface area contributed by atoms with Crippen LogP contribution in [0, 0.1) is 0 Å². The van der Waals surface area contributed by atoms with Crippen molar-refractivity contribution in [3.05, 3.63) is 83.0 Å². The van der Waals surface area contributed by atoms with E-state index in [0.717, 1.165) is 15.8 Å². The van der Waals surface area contributed by atoms with Crippen LogP contribution >= 0.6 is 15.9 Å². The highest BCUT2D eigenvalue weighted by Gasteiger charge is 2.09. The molecule has 23 heavy (non-hydrogen) atoms. The Balaban J connectivity index is 1.68. The summed E-state index contributed by atoms with van der Waals surface area (Å²) >= 11 is 3.37. The van der Waals surface area contributed by atoms with E-state index >= 15 is 0 Å². The average molecular weight is 368 g/mol. The third-order valence-electron chi connectivity index (χ3n) is 3.19. The molecule has 4 nitrogen and oxygen atoms in total. The summed E-state index contributed by atoms with van der Waals surface area (Å²) in [5.74, 6) is 0.304. The van der Waals surface area contributed by atoms with Crippen molar-refractivity contribution >= 4 is 39.0 Å². The lowest BCUT2D eigenvalue weighted by molar-refractivity contribution is 0.102. The average Bonchev–Trinajstić information content (AvgIpc) is 2.58. The molecule has 5 heteroatoms. The van der Waals surface area contributed by atoms with E-state index in [1.807, 2.05) is 54.6 Å². The van der Waals surface area contributed by atoms with E-state index in [2.05, 4.69) is 31.5 Å². The van der Waals surface area contributed by atoms with Gasteiger partial charge < -0.3 is 10.6 Å². The van der Waals surface area contributed by atoms with Crippen molar-refractivity contribution in [2.45, 2.75) is 0 Å². The lowest BCUT2D eigenvalue weighted by Gasteiger charge is -2.08.